The summed E-state index contributed by atoms with van der Waals surface area (Å²) >= 11 is 1.53. The van der Waals surface area contributed by atoms with E-state index in [0.29, 0.717) is 22.5 Å². The number of hydrogen-bond acceptors (Lipinski definition) is 7. The lowest BCUT2D eigenvalue weighted by molar-refractivity contribution is 0.195. The molecule has 23 heavy (non-hydrogen) atoms. The van der Waals surface area contributed by atoms with E-state index in [0.717, 1.165) is 17.0 Å². The van der Waals surface area contributed by atoms with Gasteiger partial charge in [-0.1, -0.05) is 36.9 Å². The smallest absolute Gasteiger partial charge is 0.247 e. The van der Waals surface area contributed by atoms with Crippen LogP contribution in [0.25, 0.3) is 11.3 Å². The molecule has 2 aromatic heterocycles. The van der Waals surface area contributed by atoms with Crippen LogP contribution in [0.2, 0.25) is 0 Å². The van der Waals surface area contributed by atoms with Crippen LogP contribution in [-0.2, 0) is 0 Å². The monoisotopic (exact) mass is 326 g/mol. The minimum atomic E-state index is -0.469. The Morgan fingerprint density at radius 2 is 2.09 bits per heavy atom. The molecule has 1 aliphatic rings. The largest absolute Gasteiger partial charge is 0.463 e. The van der Waals surface area contributed by atoms with Gasteiger partial charge < -0.3 is 14.5 Å². The highest BCUT2D eigenvalue weighted by Crippen LogP contribution is 2.39. The van der Waals surface area contributed by atoms with Gasteiger partial charge in [0, 0.05) is 11.3 Å². The lowest BCUT2D eigenvalue weighted by Gasteiger charge is -2.16. The maximum atomic E-state index is 6.04. The topological polar surface area (TPSA) is 73.1 Å². The number of hydrogen-bond donors (Lipinski definition) is 1. The number of fused-ring (bicyclic) bond motifs is 3. The molecule has 0 amide bonds. The van der Waals surface area contributed by atoms with Gasteiger partial charge in [0.2, 0.25) is 17.3 Å². The molecule has 0 bridgehead atoms. The van der Waals surface area contributed by atoms with Gasteiger partial charge in [0.1, 0.15) is 0 Å². The van der Waals surface area contributed by atoms with Crippen molar-refractivity contribution in [2.24, 2.45) is 0 Å². The zero-order chi connectivity index (χ0) is 15.6. The number of nitrogens with zero attached hydrogens (tertiary/aromatic N) is 3. The van der Waals surface area contributed by atoms with Gasteiger partial charge in [0.25, 0.3) is 0 Å². The van der Waals surface area contributed by atoms with Crippen molar-refractivity contribution in [3.05, 3.63) is 48.4 Å². The summed E-state index contributed by atoms with van der Waals surface area (Å²) < 4.78 is 11.5. The first kappa shape index (κ1) is 14.1. The van der Waals surface area contributed by atoms with Crippen LogP contribution in [0.1, 0.15) is 18.9 Å². The van der Waals surface area contributed by atoms with Crippen LogP contribution in [0.4, 0.5) is 5.69 Å². The van der Waals surface area contributed by atoms with Crippen LogP contribution in [-0.4, -0.2) is 20.9 Å². The van der Waals surface area contributed by atoms with E-state index in [2.05, 4.69) is 20.5 Å². The van der Waals surface area contributed by atoms with E-state index < -0.39 is 6.23 Å². The molecule has 0 saturated heterocycles. The van der Waals surface area contributed by atoms with Gasteiger partial charge in [-0.3, -0.25) is 0 Å². The molecule has 7 heteroatoms. The molecule has 0 aliphatic carbocycles. The van der Waals surface area contributed by atoms with E-state index in [1.54, 1.807) is 6.26 Å². The number of anilines is 1. The Morgan fingerprint density at radius 1 is 1.17 bits per heavy atom. The minimum absolute atomic E-state index is 0.454. The predicted octanol–water partition coefficient (Wildman–Crippen LogP) is 3.75. The van der Waals surface area contributed by atoms with E-state index in [1.165, 1.54) is 11.8 Å². The fourth-order valence-corrected chi connectivity index (χ4v) is 2.91. The number of para-hydroxylation sites is 1. The average molecular weight is 326 g/mol. The van der Waals surface area contributed by atoms with Crippen molar-refractivity contribution in [1.29, 1.82) is 0 Å². The summed E-state index contributed by atoms with van der Waals surface area (Å²) in [7, 11) is 0. The lowest BCUT2D eigenvalue weighted by atomic mass is 10.1. The fourth-order valence-electron chi connectivity index (χ4n) is 2.41. The number of aromatic nitrogens is 3. The summed E-state index contributed by atoms with van der Waals surface area (Å²) in [5.41, 5.74) is 2.44. The van der Waals surface area contributed by atoms with Crippen molar-refractivity contribution in [2.45, 2.75) is 18.3 Å². The summed E-state index contributed by atoms with van der Waals surface area (Å²) in [4.78, 5) is 4.51. The van der Waals surface area contributed by atoms with Crippen LogP contribution >= 0.6 is 11.8 Å². The van der Waals surface area contributed by atoms with Gasteiger partial charge in [-0.25, -0.2) is 0 Å². The van der Waals surface area contributed by atoms with Crippen molar-refractivity contribution in [3.63, 3.8) is 0 Å². The molecule has 1 aliphatic heterocycles. The Hall–Kier alpha value is -2.54. The SMILES string of the molecule is CCSc1nnc2c(n1)OC(c1ccco1)Nc1ccccc1-2. The standard InChI is InChI=1S/C16H14N4O2S/c1-2-23-16-18-15-13(19-20-16)10-6-3-4-7-11(10)17-14(22-15)12-8-5-9-21-12/h3-9,14,17H,2H2,1H3. The van der Waals surface area contributed by atoms with E-state index in [4.69, 9.17) is 9.15 Å². The molecular weight excluding hydrogens is 312 g/mol. The van der Waals surface area contributed by atoms with Crippen LogP contribution in [0.3, 0.4) is 0 Å². The van der Waals surface area contributed by atoms with Gasteiger partial charge >= 0.3 is 0 Å². The van der Waals surface area contributed by atoms with E-state index >= 15 is 0 Å². The molecule has 4 rings (SSSR count). The predicted molar refractivity (Wildman–Crippen MR) is 87.4 cm³/mol. The molecule has 1 atom stereocenters. The van der Waals surface area contributed by atoms with E-state index in [9.17, 15) is 0 Å². The average Bonchev–Trinajstić information content (AvgIpc) is 3.05. The van der Waals surface area contributed by atoms with Crippen molar-refractivity contribution in [3.8, 4) is 17.1 Å². The number of furan rings is 1. The molecule has 1 unspecified atom stereocenters. The summed E-state index contributed by atoms with van der Waals surface area (Å²) in [5, 5.41) is 12.4. The Balaban J connectivity index is 1.84. The molecule has 0 spiro atoms. The van der Waals surface area contributed by atoms with Crippen LogP contribution in [0.15, 0.2) is 52.2 Å². The first-order chi connectivity index (χ1) is 11.3. The number of rotatable bonds is 3. The fraction of sp³-hybridized carbons (Fsp3) is 0.188. The molecule has 3 aromatic rings. The Bertz CT molecular complexity index is 823. The second-order valence-corrected chi connectivity index (χ2v) is 6.12. The molecule has 3 heterocycles. The van der Waals surface area contributed by atoms with Crippen molar-refractivity contribution < 1.29 is 9.15 Å². The maximum absolute atomic E-state index is 6.04. The normalized spacial score (nSPS) is 15.8. The molecule has 116 valence electrons. The maximum Gasteiger partial charge on any atom is 0.247 e. The Morgan fingerprint density at radius 3 is 2.91 bits per heavy atom. The lowest BCUT2D eigenvalue weighted by Crippen LogP contribution is -2.16. The number of nitrogens with one attached hydrogen (secondary N) is 1. The molecule has 6 nitrogen and oxygen atoms in total. The number of benzene rings is 1. The van der Waals surface area contributed by atoms with Gasteiger partial charge in [-0.2, -0.15) is 4.98 Å². The highest BCUT2D eigenvalue weighted by molar-refractivity contribution is 7.99. The highest BCUT2D eigenvalue weighted by Gasteiger charge is 2.27. The van der Waals surface area contributed by atoms with Crippen molar-refractivity contribution in [2.75, 3.05) is 11.1 Å². The van der Waals surface area contributed by atoms with Crippen LogP contribution < -0.4 is 10.1 Å². The summed E-state index contributed by atoms with van der Waals surface area (Å²) in [6.07, 6.45) is 1.15. The van der Waals surface area contributed by atoms with Crippen molar-refractivity contribution >= 4 is 17.4 Å². The number of ether oxygens (including phenoxy) is 1. The third-order valence-electron chi connectivity index (χ3n) is 3.41. The second kappa shape index (κ2) is 5.92. The zero-order valence-electron chi connectivity index (χ0n) is 12.4. The zero-order valence-corrected chi connectivity index (χ0v) is 13.2. The molecule has 0 fully saturated rings. The molecule has 0 radical (unpaired) electrons. The van der Waals surface area contributed by atoms with Crippen molar-refractivity contribution in [1.82, 2.24) is 15.2 Å². The number of thioether (sulfide) groups is 1. The summed E-state index contributed by atoms with van der Waals surface area (Å²) in [6, 6.07) is 11.5. The first-order valence-electron chi connectivity index (χ1n) is 7.28. The van der Waals surface area contributed by atoms with E-state index in [1.807, 2.05) is 43.3 Å². The molecule has 0 saturated carbocycles. The highest BCUT2D eigenvalue weighted by atomic mass is 32.2. The second-order valence-electron chi connectivity index (χ2n) is 4.88. The van der Waals surface area contributed by atoms with Gasteiger partial charge in [-0.05, 0) is 24.0 Å². The van der Waals surface area contributed by atoms with E-state index in [-0.39, 0.29) is 0 Å². The quantitative estimate of drug-likeness (QED) is 0.735. The Labute approximate surface area is 137 Å². The third-order valence-corrected chi connectivity index (χ3v) is 4.13. The van der Waals surface area contributed by atoms with Gasteiger partial charge in [0.05, 0.1) is 6.26 Å². The molecule has 1 N–H and O–H groups in total. The first-order valence-corrected chi connectivity index (χ1v) is 8.27. The van der Waals surface area contributed by atoms with Gasteiger partial charge in [0.15, 0.2) is 11.5 Å². The Kier molecular flexibility index (Phi) is 3.63. The molecular formula is C16H14N4O2S. The minimum Gasteiger partial charge on any atom is -0.463 e. The third kappa shape index (κ3) is 2.63. The van der Waals surface area contributed by atoms with Crippen LogP contribution in [0.5, 0.6) is 5.88 Å². The van der Waals surface area contributed by atoms with Crippen LogP contribution in [0, 0.1) is 0 Å². The molecule has 1 aromatic carbocycles. The summed E-state index contributed by atoms with van der Waals surface area (Å²) in [5.74, 6) is 2.00. The van der Waals surface area contributed by atoms with Gasteiger partial charge in [-0.15, -0.1) is 10.2 Å². The summed E-state index contributed by atoms with van der Waals surface area (Å²) in [6.45, 7) is 2.04.